The quantitative estimate of drug-likeness (QED) is 0.177. The first-order valence-electron chi connectivity index (χ1n) is 12.8. The smallest absolute Gasteiger partial charge is 0.0930 e. The Labute approximate surface area is 240 Å². The van der Waals surface area contributed by atoms with Crippen LogP contribution in [0.3, 0.4) is 0 Å². The number of aryl methyl sites for hydroxylation is 2. The van der Waals surface area contributed by atoms with Crippen molar-refractivity contribution < 1.29 is 20.1 Å². The zero-order valence-corrected chi connectivity index (χ0v) is 25.2. The zero-order valence-electron chi connectivity index (χ0n) is 22.8. The van der Waals surface area contributed by atoms with Gasteiger partial charge in [0.25, 0.3) is 0 Å². The molecule has 3 heterocycles. The average molecular weight is 676 g/mol. The molecule has 1 aliphatic rings. The molecule has 0 saturated heterocycles. The molecule has 1 radical (unpaired) electrons. The standard InChI is InChI=1S/C23H25N2.C11H8N.Ir/c1-15-11-16(2)13-17(12-15)19-14-21-23(5,6)22(3,4)18-9-7-8-10-20(18)25(21)24-19;1-2-6-10(7-3-1)11-8-4-5-9-12-11;/h7-9,11-14H,1-6H3;1-6,8-9H;/q2*-1;. The van der Waals surface area contributed by atoms with Crippen LogP contribution >= 0.6 is 0 Å². The van der Waals surface area contributed by atoms with Gasteiger partial charge in [0.1, 0.15) is 0 Å². The molecule has 1 aliphatic heterocycles. The minimum atomic E-state index is -0.0285. The first-order chi connectivity index (χ1) is 17.7. The predicted octanol–water partition coefficient (Wildman–Crippen LogP) is 8.07. The van der Waals surface area contributed by atoms with Gasteiger partial charge in [-0.1, -0.05) is 57.0 Å². The molecule has 4 heteroatoms. The maximum atomic E-state index is 4.99. The Hall–Kier alpha value is -3.33. The van der Waals surface area contributed by atoms with Gasteiger partial charge in [0, 0.05) is 43.0 Å². The summed E-state index contributed by atoms with van der Waals surface area (Å²) in [5, 5.41) is 4.99. The molecule has 0 atom stereocenters. The minimum Gasteiger partial charge on any atom is -0.305 e. The maximum Gasteiger partial charge on any atom is 0.0930 e. The van der Waals surface area contributed by atoms with Gasteiger partial charge in [0.15, 0.2) is 0 Å². The summed E-state index contributed by atoms with van der Waals surface area (Å²) >= 11 is 0. The van der Waals surface area contributed by atoms with Gasteiger partial charge in [-0.3, -0.25) is 4.68 Å². The Morgan fingerprint density at radius 1 is 0.711 bits per heavy atom. The van der Waals surface area contributed by atoms with Crippen LogP contribution in [0.2, 0.25) is 0 Å². The summed E-state index contributed by atoms with van der Waals surface area (Å²) < 4.78 is 2.10. The third kappa shape index (κ3) is 5.04. The number of nitrogens with zero attached hydrogens (tertiary/aromatic N) is 3. The molecule has 3 aromatic carbocycles. The summed E-state index contributed by atoms with van der Waals surface area (Å²) in [6, 6.07) is 35.4. The molecule has 0 saturated carbocycles. The van der Waals surface area contributed by atoms with Crippen LogP contribution in [0.4, 0.5) is 0 Å². The van der Waals surface area contributed by atoms with Crippen LogP contribution in [0.25, 0.3) is 28.2 Å². The fraction of sp³-hybridized carbons (Fsp3) is 0.235. The molecule has 6 rings (SSSR count). The largest absolute Gasteiger partial charge is 0.305 e. The second-order valence-corrected chi connectivity index (χ2v) is 10.9. The molecule has 0 fully saturated rings. The van der Waals surface area contributed by atoms with E-state index < -0.39 is 0 Å². The summed E-state index contributed by atoms with van der Waals surface area (Å²) in [5.74, 6) is 0. The monoisotopic (exact) mass is 676 g/mol. The van der Waals surface area contributed by atoms with Crippen LogP contribution in [-0.4, -0.2) is 14.8 Å². The molecular weight excluding hydrogens is 643 g/mol. The van der Waals surface area contributed by atoms with Crippen molar-refractivity contribution in [1.29, 1.82) is 0 Å². The number of fused-ring (bicyclic) bond motifs is 3. The van der Waals surface area contributed by atoms with Gasteiger partial charge in [0.2, 0.25) is 0 Å². The number of benzene rings is 3. The van der Waals surface area contributed by atoms with E-state index in [-0.39, 0.29) is 30.9 Å². The minimum absolute atomic E-state index is 0. The molecule has 0 amide bonds. The SMILES string of the molecule is Cc1cc(C)cc(-c2cc3n(n2)-c2[c-]cccc2C(C)(C)C3(C)C)c1.[Ir].[c-]1ccccc1-c1ccccn1. The Morgan fingerprint density at radius 3 is 2.08 bits per heavy atom. The van der Waals surface area contributed by atoms with E-state index in [1.165, 1.54) is 27.9 Å². The summed E-state index contributed by atoms with van der Waals surface area (Å²) in [6.07, 6.45) is 1.79. The first kappa shape index (κ1) is 27.7. The summed E-state index contributed by atoms with van der Waals surface area (Å²) in [6.45, 7) is 13.6. The van der Waals surface area contributed by atoms with Crippen molar-refractivity contribution in [1.82, 2.24) is 14.8 Å². The molecule has 3 nitrogen and oxygen atoms in total. The average Bonchev–Trinajstić information content (AvgIpc) is 3.36. The van der Waals surface area contributed by atoms with Gasteiger partial charge in [-0.25, -0.2) is 0 Å². The number of para-hydroxylation sites is 1. The van der Waals surface area contributed by atoms with E-state index in [0.29, 0.717) is 0 Å². The van der Waals surface area contributed by atoms with Gasteiger partial charge in [-0.05, 0) is 54.9 Å². The third-order valence-corrected chi connectivity index (χ3v) is 7.80. The van der Waals surface area contributed by atoms with E-state index in [4.69, 9.17) is 5.10 Å². The molecule has 0 spiro atoms. The van der Waals surface area contributed by atoms with Crippen molar-refractivity contribution in [3.05, 3.63) is 126 Å². The molecular formula is C34H33IrN3-2. The van der Waals surface area contributed by atoms with Crippen molar-refractivity contribution in [3.8, 4) is 28.2 Å². The van der Waals surface area contributed by atoms with Crippen LogP contribution < -0.4 is 0 Å². The fourth-order valence-corrected chi connectivity index (χ4v) is 5.10. The zero-order chi connectivity index (χ0) is 26.2. The van der Waals surface area contributed by atoms with Gasteiger partial charge in [-0.2, -0.15) is 29.4 Å². The van der Waals surface area contributed by atoms with Crippen molar-refractivity contribution in [3.63, 3.8) is 0 Å². The van der Waals surface area contributed by atoms with Crippen LogP contribution in [0.5, 0.6) is 0 Å². The predicted molar refractivity (Wildman–Crippen MR) is 152 cm³/mol. The van der Waals surface area contributed by atoms with E-state index in [1.54, 1.807) is 6.20 Å². The molecule has 5 aromatic rings. The van der Waals surface area contributed by atoms with Crippen LogP contribution in [0, 0.1) is 26.0 Å². The summed E-state index contributed by atoms with van der Waals surface area (Å²) in [7, 11) is 0. The molecule has 0 unspecified atom stereocenters. The first-order valence-corrected chi connectivity index (χ1v) is 12.8. The molecule has 195 valence electrons. The number of hydrogen-bond acceptors (Lipinski definition) is 2. The van der Waals surface area contributed by atoms with E-state index in [0.717, 1.165) is 22.6 Å². The van der Waals surface area contributed by atoms with Gasteiger partial charge >= 0.3 is 0 Å². The van der Waals surface area contributed by atoms with Gasteiger partial charge in [0.05, 0.1) is 5.69 Å². The Morgan fingerprint density at radius 2 is 1.42 bits per heavy atom. The molecule has 0 aliphatic carbocycles. The van der Waals surface area contributed by atoms with Crippen LogP contribution in [0.1, 0.15) is 50.1 Å². The Kier molecular flexibility index (Phi) is 7.88. The number of rotatable bonds is 2. The normalized spacial score (nSPS) is 14.3. The molecule has 0 bridgehead atoms. The second kappa shape index (κ2) is 10.8. The summed E-state index contributed by atoms with van der Waals surface area (Å²) in [4.78, 5) is 4.22. The van der Waals surface area contributed by atoms with Crippen molar-refractivity contribution in [2.24, 2.45) is 0 Å². The van der Waals surface area contributed by atoms with E-state index in [1.807, 2.05) is 48.5 Å². The fourth-order valence-electron chi connectivity index (χ4n) is 5.10. The van der Waals surface area contributed by atoms with E-state index >= 15 is 0 Å². The third-order valence-electron chi connectivity index (χ3n) is 7.80. The number of hydrogen-bond donors (Lipinski definition) is 0. The van der Waals surface area contributed by atoms with Crippen LogP contribution in [-0.2, 0) is 30.9 Å². The van der Waals surface area contributed by atoms with Gasteiger partial charge in [-0.15, -0.1) is 41.5 Å². The molecule has 38 heavy (non-hydrogen) atoms. The number of pyridine rings is 1. The van der Waals surface area contributed by atoms with Crippen molar-refractivity contribution in [2.45, 2.75) is 52.4 Å². The Balaban J connectivity index is 0.000000218. The maximum absolute atomic E-state index is 4.99. The van der Waals surface area contributed by atoms with E-state index in [9.17, 15) is 0 Å². The molecule has 0 N–H and O–H groups in total. The second-order valence-electron chi connectivity index (χ2n) is 10.9. The topological polar surface area (TPSA) is 30.7 Å². The van der Waals surface area contributed by atoms with Gasteiger partial charge < -0.3 is 4.98 Å². The molecule has 2 aromatic heterocycles. The van der Waals surface area contributed by atoms with E-state index in [2.05, 4.69) is 99.7 Å². The van der Waals surface area contributed by atoms with Crippen LogP contribution in [0.15, 0.2) is 91.1 Å². The van der Waals surface area contributed by atoms with Crippen molar-refractivity contribution in [2.75, 3.05) is 0 Å². The number of aromatic nitrogens is 3. The van der Waals surface area contributed by atoms with Crippen molar-refractivity contribution >= 4 is 0 Å². The Bertz CT molecular complexity index is 1480. The summed E-state index contributed by atoms with van der Waals surface area (Å²) in [5.41, 5.74) is 10.4.